The van der Waals surface area contributed by atoms with Crippen LogP contribution in [0.15, 0.2) is 36.0 Å². The number of hydrogen-bond donors (Lipinski definition) is 3. The fraction of sp³-hybridized carbons (Fsp3) is 0.238. The molecule has 0 unspecified atom stereocenters. The first kappa shape index (κ1) is 17.5. The van der Waals surface area contributed by atoms with Crippen LogP contribution in [0.1, 0.15) is 42.3 Å². The van der Waals surface area contributed by atoms with Crippen LogP contribution in [0.4, 0.5) is 5.69 Å². The number of benzene rings is 1. The molecule has 3 N–H and O–H groups in total. The minimum Gasteiger partial charge on any atom is -0.505 e. The Balaban J connectivity index is 1.66. The molecule has 5 nitrogen and oxygen atoms in total. The summed E-state index contributed by atoms with van der Waals surface area (Å²) in [4.78, 5) is 20.3. The Hall–Kier alpha value is -2.86. The Labute approximate surface area is 161 Å². The van der Waals surface area contributed by atoms with E-state index in [0.717, 1.165) is 22.0 Å². The van der Waals surface area contributed by atoms with Crippen molar-refractivity contribution in [2.75, 3.05) is 5.32 Å². The van der Waals surface area contributed by atoms with Crippen LogP contribution in [0, 0.1) is 6.92 Å². The number of carbonyl (C=O) groups is 1. The van der Waals surface area contributed by atoms with Crippen molar-refractivity contribution in [2.45, 2.75) is 33.1 Å². The molecule has 0 aliphatic rings. The smallest absolute Gasteiger partial charge is 0.261 e. The van der Waals surface area contributed by atoms with Gasteiger partial charge in [0.2, 0.25) is 0 Å². The van der Waals surface area contributed by atoms with E-state index in [0.29, 0.717) is 10.4 Å². The first-order valence-corrected chi connectivity index (χ1v) is 9.62. The van der Waals surface area contributed by atoms with Crippen LogP contribution < -0.4 is 5.32 Å². The summed E-state index contributed by atoms with van der Waals surface area (Å²) in [6.45, 7) is 8.44. The van der Waals surface area contributed by atoms with Crippen LogP contribution in [0.5, 0.6) is 5.75 Å². The maximum Gasteiger partial charge on any atom is 0.261 e. The number of nitrogens with one attached hydrogen (secondary N) is 2. The second kappa shape index (κ2) is 6.09. The molecule has 0 aliphatic heterocycles. The van der Waals surface area contributed by atoms with Gasteiger partial charge < -0.3 is 15.4 Å². The lowest BCUT2D eigenvalue weighted by Gasteiger charge is -2.17. The van der Waals surface area contributed by atoms with E-state index in [1.807, 2.05) is 36.7 Å². The third kappa shape index (κ3) is 2.96. The zero-order valence-electron chi connectivity index (χ0n) is 15.7. The van der Waals surface area contributed by atoms with E-state index in [9.17, 15) is 9.90 Å². The Morgan fingerprint density at radius 2 is 2.07 bits per heavy atom. The molecule has 3 heterocycles. The largest absolute Gasteiger partial charge is 0.505 e. The number of H-pyrrole nitrogens is 1. The summed E-state index contributed by atoms with van der Waals surface area (Å²) in [7, 11) is 0. The molecule has 3 aromatic heterocycles. The Morgan fingerprint density at radius 1 is 1.30 bits per heavy atom. The highest BCUT2D eigenvalue weighted by atomic mass is 32.1. The molecule has 0 spiro atoms. The van der Waals surface area contributed by atoms with Gasteiger partial charge in [-0.1, -0.05) is 26.8 Å². The minimum atomic E-state index is -0.380. The third-order valence-corrected chi connectivity index (χ3v) is 5.82. The number of pyridine rings is 1. The van der Waals surface area contributed by atoms with E-state index in [-0.39, 0.29) is 22.6 Å². The SMILES string of the molecule is Cc1csc2c(O)c(C(=O)Nc3ccc4c(C(C)(C)C)c[nH]c4c3)cnc12. The van der Waals surface area contributed by atoms with Crippen molar-refractivity contribution in [1.29, 1.82) is 0 Å². The van der Waals surface area contributed by atoms with E-state index in [1.165, 1.54) is 23.1 Å². The normalized spacial score (nSPS) is 12.0. The summed E-state index contributed by atoms with van der Waals surface area (Å²) >= 11 is 1.39. The minimum absolute atomic E-state index is 0.0217. The Morgan fingerprint density at radius 3 is 2.81 bits per heavy atom. The highest BCUT2D eigenvalue weighted by molar-refractivity contribution is 7.17. The van der Waals surface area contributed by atoms with Crippen molar-refractivity contribution in [2.24, 2.45) is 0 Å². The maximum absolute atomic E-state index is 12.7. The molecule has 0 saturated heterocycles. The molecule has 0 radical (unpaired) electrons. The number of aromatic amines is 1. The second-order valence-corrected chi connectivity index (χ2v) is 8.66. The molecular formula is C21H21N3O2S. The van der Waals surface area contributed by atoms with Gasteiger partial charge in [-0.25, -0.2) is 0 Å². The van der Waals surface area contributed by atoms with Gasteiger partial charge in [-0.3, -0.25) is 9.78 Å². The molecule has 0 atom stereocenters. The lowest BCUT2D eigenvalue weighted by Crippen LogP contribution is -2.12. The summed E-state index contributed by atoms with van der Waals surface area (Å²) in [5.74, 6) is -0.401. The number of aromatic nitrogens is 2. The number of aryl methyl sites for hydroxylation is 1. The summed E-state index contributed by atoms with van der Waals surface area (Å²) in [5.41, 5.74) is 4.79. The maximum atomic E-state index is 12.7. The molecule has 4 aromatic rings. The van der Waals surface area contributed by atoms with E-state index >= 15 is 0 Å². The van der Waals surface area contributed by atoms with Gasteiger partial charge in [-0.2, -0.15) is 0 Å². The van der Waals surface area contributed by atoms with Crippen LogP contribution in [-0.4, -0.2) is 21.0 Å². The Kier molecular flexibility index (Phi) is 3.96. The first-order chi connectivity index (χ1) is 12.8. The number of aromatic hydroxyl groups is 1. The number of hydrogen-bond acceptors (Lipinski definition) is 4. The molecule has 0 bridgehead atoms. The van der Waals surface area contributed by atoms with Crippen LogP contribution in [0.25, 0.3) is 21.1 Å². The van der Waals surface area contributed by atoms with E-state index in [2.05, 4.69) is 36.1 Å². The monoisotopic (exact) mass is 379 g/mol. The highest BCUT2D eigenvalue weighted by Gasteiger charge is 2.20. The van der Waals surface area contributed by atoms with Crippen molar-refractivity contribution < 1.29 is 9.90 Å². The van der Waals surface area contributed by atoms with E-state index < -0.39 is 0 Å². The number of fused-ring (bicyclic) bond motifs is 2. The number of nitrogens with zero attached hydrogens (tertiary/aromatic N) is 1. The van der Waals surface area contributed by atoms with Gasteiger partial charge in [-0.05, 0) is 41.0 Å². The number of carbonyl (C=O) groups excluding carboxylic acids is 1. The zero-order chi connectivity index (χ0) is 19.3. The van der Waals surface area contributed by atoms with Gasteiger partial charge in [-0.15, -0.1) is 11.3 Å². The highest BCUT2D eigenvalue weighted by Crippen LogP contribution is 2.35. The summed E-state index contributed by atoms with van der Waals surface area (Å²) < 4.78 is 0.634. The van der Waals surface area contributed by atoms with Crippen molar-refractivity contribution in [3.63, 3.8) is 0 Å². The van der Waals surface area contributed by atoms with Crippen LogP contribution in [-0.2, 0) is 5.41 Å². The molecular weight excluding hydrogens is 358 g/mol. The van der Waals surface area contributed by atoms with Gasteiger partial charge in [0.1, 0.15) is 11.3 Å². The molecule has 0 fully saturated rings. The molecule has 138 valence electrons. The van der Waals surface area contributed by atoms with E-state index in [1.54, 1.807) is 0 Å². The quantitative estimate of drug-likeness (QED) is 0.440. The average molecular weight is 379 g/mol. The average Bonchev–Trinajstić information content (AvgIpc) is 3.19. The van der Waals surface area contributed by atoms with Crippen molar-refractivity contribution in [3.8, 4) is 5.75 Å². The van der Waals surface area contributed by atoms with Crippen molar-refractivity contribution in [3.05, 3.63) is 52.7 Å². The number of anilines is 1. The standard InChI is InChI=1S/C21H21N3O2S/c1-11-10-27-19-17(11)23-8-14(18(19)25)20(26)24-12-5-6-13-15(21(2,3)4)9-22-16(13)7-12/h5-10,22H,1-4H3,(H,23,25)(H,24,26). The summed E-state index contributed by atoms with van der Waals surface area (Å²) in [5, 5.41) is 16.4. The van der Waals surface area contributed by atoms with Gasteiger partial charge >= 0.3 is 0 Å². The topological polar surface area (TPSA) is 78.0 Å². The first-order valence-electron chi connectivity index (χ1n) is 8.74. The number of rotatable bonds is 2. The van der Waals surface area contributed by atoms with Crippen molar-refractivity contribution >= 4 is 44.1 Å². The molecule has 0 aliphatic carbocycles. The fourth-order valence-electron chi connectivity index (χ4n) is 3.27. The lowest BCUT2D eigenvalue weighted by atomic mass is 9.87. The molecule has 27 heavy (non-hydrogen) atoms. The van der Waals surface area contributed by atoms with E-state index in [4.69, 9.17) is 0 Å². The van der Waals surface area contributed by atoms with Gasteiger partial charge in [0.05, 0.1) is 10.2 Å². The van der Waals surface area contributed by atoms with Crippen molar-refractivity contribution in [1.82, 2.24) is 9.97 Å². The number of amides is 1. The zero-order valence-corrected chi connectivity index (χ0v) is 16.5. The van der Waals surface area contributed by atoms with Gasteiger partial charge in [0.15, 0.2) is 0 Å². The summed E-state index contributed by atoms with van der Waals surface area (Å²) in [6, 6.07) is 5.79. The third-order valence-electron chi connectivity index (χ3n) is 4.73. The molecule has 6 heteroatoms. The van der Waals surface area contributed by atoms with Crippen LogP contribution in [0.2, 0.25) is 0 Å². The summed E-state index contributed by atoms with van der Waals surface area (Å²) in [6.07, 6.45) is 3.44. The predicted octanol–water partition coefficient (Wildman–Crippen LogP) is 5.34. The fourth-order valence-corrected chi connectivity index (χ4v) is 4.22. The second-order valence-electron chi connectivity index (χ2n) is 7.78. The van der Waals surface area contributed by atoms with Crippen LogP contribution in [0.3, 0.4) is 0 Å². The lowest BCUT2D eigenvalue weighted by molar-refractivity contribution is 0.102. The molecule has 4 rings (SSSR count). The number of thiophene rings is 1. The van der Waals surface area contributed by atoms with Crippen LogP contribution >= 0.6 is 11.3 Å². The molecule has 0 saturated carbocycles. The Bertz CT molecular complexity index is 1180. The van der Waals surface area contributed by atoms with Gasteiger partial charge in [0.25, 0.3) is 5.91 Å². The molecule has 1 aromatic carbocycles. The predicted molar refractivity (Wildman–Crippen MR) is 111 cm³/mol. The van der Waals surface area contributed by atoms with Gasteiger partial charge in [0, 0.05) is 29.0 Å². The molecule has 1 amide bonds.